The molecule has 1 atom stereocenters. The first-order chi connectivity index (χ1) is 9.11. The second-order valence-electron chi connectivity index (χ2n) is 5.18. The third-order valence-electron chi connectivity index (χ3n) is 3.92. The Labute approximate surface area is 125 Å². The molecule has 1 saturated heterocycles. The van der Waals surface area contributed by atoms with Crippen LogP contribution in [0.4, 0.5) is 5.69 Å². The molecule has 0 amide bonds. The van der Waals surface area contributed by atoms with Gasteiger partial charge in [0.25, 0.3) is 5.69 Å². The molecule has 1 fully saturated rings. The van der Waals surface area contributed by atoms with Crippen LogP contribution in [0.5, 0.6) is 0 Å². The van der Waals surface area contributed by atoms with Crippen LogP contribution in [0.3, 0.4) is 0 Å². The Kier molecular flexibility index (Phi) is 6.39. The van der Waals surface area contributed by atoms with Gasteiger partial charge in [-0.25, -0.2) is 0 Å². The van der Waals surface area contributed by atoms with E-state index in [1.54, 1.807) is 12.1 Å². The average molecular weight is 300 g/mol. The first-order valence-corrected chi connectivity index (χ1v) is 6.74. The predicted octanol–water partition coefficient (Wildman–Crippen LogP) is 2.51. The van der Waals surface area contributed by atoms with Crippen molar-refractivity contribution in [1.29, 1.82) is 0 Å². The van der Waals surface area contributed by atoms with Gasteiger partial charge in [-0.1, -0.05) is 12.1 Å². The van der Waals surface area contributed by atoms with Crippen LogP contribution in [-0.4, -0.2) is 36.0 Å². The lowest BCUT2D eigenvalue weighted by Crippen LogP contribution is -2.43. The third kappa shape index (κ3) is 3.91. The van der Waals surface area contributed by atoms with Crippen LogP contribution in [0.2, 0.25) is 0 Å². The third-order valence-corrected chi connectivity index (χ3v) is 3.92. The smallest absolute Gasteiger partial charge is 0.272 e. The molecule has 1 heterocycles. The van der Waals surface area contributed by atoms with E-state index in [4.69, 9.17) is 0 Å². The fraction of sp³-hybridized carbons (Fsp3) is 0.571. The van der Waals surface area contributed by atoms with Crippen molar-refractivity contribution in [2.75, 3.05) is 20.1 Å². The molecule has 20 heavy (non-hydrogen) atoms. The second kappa shape index (κ2) is 7.57. The molecule has 1 N–H and O–H groups in total. The summed E-state index contributed by atoms with van der Waals surface area (Å²) >= 11 is 0. The number of hydrogen-bond acceptors (Lipinski definition) is 4. The number of halogens is 1. The lowest BCUT2D eigenvalue weighted by molar-refractivity contribution is -0.385. The van der Waals surface area contributed by atoms with Gasteiger partial charge in [-0.15, -0.1) is 12.4 Å². The van der Waals surface area contributed by atoms with Crippen molar-refractivity contribution in [3.8, 4) is 0 Å². The number of piperidine rings is 1. The van der Waals surface area contributed by atoms with E-state index in [-0.39, 0.29) is 23.0 Å². The van der Waals surface area contributed by atoms with Gasteiger partial charge in [0.15, 0.2) is 0 Å². The number of nitro benzene ring substituents is 1. The summed E-state index contributed by atoms with van der Waals surface area (Å²) in [5.41, 5.74) is 2.07. The molecule has 1 aromatic carbocycles. The summed E-state index contributed by atoms with van der Waals surface area (Å²) in [5, 5.41) is 14.3. The molecule has 0 aliphatic carbocycles. The normalized spacial score (nSPS) is 19.4. The van der Waals surface area contributed by atoms with Gasteiger partial charge in [0.2, 0.25) is 0 Å². The van der Waals surface area contributed by atoms with Gasteiger partial charge in [0.05, 0.1) is 4.92 Å². The summed E-state index contributed by atoms with van der Waals surface area (Å²) in [5.74, 6) is 0. The molecular weight excluding hydrogens is 278 g/mol. The minimum atomic E-state index is -0.300. The number of hydrogen-bond donors (Lipinski definition) is 1. The standard InChI is InChI=1S/C14H21N3O2.ClH/c1-11-12(5-3-7-14(11)17(18)19)9-16-8-4-6-13(10-16)15-2;/h3,5,7,13,15H,4,6,8-10H2,1-2H3;1H. The van der Waals surface area contributed by atoms with Crippen molar-refractivity contribution in [1.82, 2.24) is 10.2 Å². The van der Waals surface area contributed by atoms with Crippen LogP contribution >= 0.6 is 12.4 Å². The van der Waals surface area contributed by atoms with E-state index in [1.807, 2.05) is 20.0 Å². The number of nitro groups is 1. The molecule has 1 aliphatic rings. The molecule has 0 spiro atoms. The molecule has 5 nitrogen and oxygen atoms in total. The molecule has 2 rings (SSSR count). The zero-order valence-corrected chi connectivity index (χ0v) is 12.8. The molecule has 1 unspecified atom stereocenters. The largest absolute Gasteiger partial charge is 0.316 e. The van der Waals surface area contributed by atoms with E-state index in [0.717, 1.165) is 30.8 Å². The van der Waals surface area contributed by atoms with Gasteiger partial charge in [0.1, 0.15) is 0 Å². The van der Waals surface area contributed by atoms with Crippen LogP contribution in [-0.2, 0) is 6.54 Å². The number of likely N-dealkylation sites (tertiary alicyclic amines) is 1. The highest BCUT2D eigenvalue weighted by molar-refractivity contribution is 5.85. The predicted molar refractivity (Wildman–Crippen MR) is 82.4 cm³/mol. The molecule has 0 saturated carbocycles. The van der Waals surface area contributed by atoms with Crippen LogP contribution in [0.1, 0.15) is 24.0 Å². The molecule has 1 aliphatic heterocycles. The van der Waals surface area contributed by atoms with Crippen molar-refractivity contribution in [2.24, 2.45) is 0 Å². The molecule has 1 aromatic rings. The number of benzene rings is 1. The molecule has 0 radical (unpaired) electrons. The Morgan fingerprint density at radius 2 is 2.25 bits per heavy atom. The first kappa shape index (κ1) is 16.9. The van der Waals surface area contributed by atoms with Crippen molar-refractivity contribution >= 4 is 18.1 Å². The number of nitrogens with zero attached hydrogens (tertiary/aromatic N) is 2. The minimum Gasteiger partial charge on any atom is -0.316 e. The Bertz CT molecular complexity index is 468. The zero-order chi connectivity index (χ0) is 13.8. The number of likely N-dealkylation sites (N-methyl/N-ethyl adjacent to an activating group) is 1. The van der Waals surface area contributed by atoms with Crippen molar-refractivity contribution in [2.45, 2.75) is 32.4 Å². The second-order valence-corrected chi connectivity index (χ2v) is 5.18. The van der Waals surface area contributed by atoms with E-state index in [9.17, 15) is 10.1 Å². The molecule has 0 bridgehead atoms. The number of rotatable bonds is 4. The van der Waals surface area contributed by atoms with E-state index < -0.39 is 0 Å². The fourth-order valence-electron chi connectivity index (χ4n) is 2.71. The average Bonchev–Trinajstić information content (AvgIpc) is 2.41. The summed E-state index contributed by atoms with van der Waals surface area (Å²) in [6.45, 7) is 4.72. The summed E-state index contributed by atoms with van der Waals surface area (Å²) in [4.78, 5) is 13.0. The van der Waals surface area contributed by atoms with Crippen molar-refractivity contribution in [3.05, 3.63) is 39.4 Å². The molecule has 112 valence electrons. The quantitative estimate of drug-likeness (QED) is 0.685. The van der Waals surface area contributed by atoms with E-state index in [0.29, 0.717) is 6.04 Å². The van der Waals surface area contributed by atoms with Gasteiger partial charge >= 0.3 is 0 Å². The highest BCUT2D eigenvalue weighted by atomic mass is 35.5. The van der Waals surface area contributed by atoms with Gasteiger partial charge in [-0.05, 0) is 38.9 Å². The van der Waals surface area contributed by atoms with Crippen molar-refractivity contribution < 1.29 is 4.92 Å². The Morgan fingerprint density at radius 1 is 1.50 bits per heavy atom. The van der Waals surface area contributed by atoms with Gasteiger partial charge in [-0.2, -0.15) is 0 Å². The Hall–Kier alpha value is -1.17. The summed E-state index contributed by atoms with van der Waals surface area (Å²) in [7, 11) is 1.99. The monoisotopic (exact) mass is 299 g/mol. The molecular formula is C14H22ClN3O2. The van der Waals surface area contributed by atoms with E-state index >= 15 is 0 Å². The van der Waals surface area contributed by atoms with Gasteiger partial charge in [0, 0.05) is 30.8 Å². The van der Waals surface area contributed by atoms with Crippen molar-refractivity contribution in [3.63, 3.8) is 0 Å². The summed E-state index contributed by atoms with van der Waals surface area (Å²) < 4.78 is 0. The van der Waals surface area contributed by atoms with Crippen LogP contribution in [0.15, 0.2) is 18.2 Å². The molecule has 6 heteroatoms. The van der Waals surface area contributed by atoms with Gasteiger partial charge < -0.3 is 5.32 Å². The highest BCUT2D eigenvalue weighted by Gasteiger charge is 2.20. The maximum Gasteiger partial charge on any atom is 0.272 e. The summed E-state index contributed by atoms with van der Waals surface area (Å²) in [6, 6.07) is 5.88. The first-order valence-electron chi connectivity index (χ1n) is 6.74. The SMILES string of the molecule is CNC1CCCN(Cc2cccc([N+](=O)[O-])c2C)C1.Cl. The maximum atomic E-state index is 10.9. The molecule has 0 aromatic heterocycles. The minimum absolute atomic E-state index is 0. The topological polar surface area (TPSA) is 58.4 Å². The van der Waals surface area contributed by atoms with Crippen LogP contribution < -0.4 is 5.32 Å². The number of nitrogens with one attached hydrogen (secondary N) is 1. The maximum absolute atomic E-state index is 10.9. The summed E-state index contributed by atoms with van der Waals surface area (Å²) in [6.07, 6.45) is 2.39. The van der Waals surface area contributed by atoms with Gasteiger partial charge in [-0.3, -0.25) is 15.0 Å². The zero-order valence-electron chi connectivity index (χ0n) is 12.0. The lowest BCUT2D eigenvalue weighted by Gasteiger charge is -2.32. The van der Waals surface area contributed by atoms with Crippen LogP contribution in [0.25, 0.3) is 0 Å². The van der Waals surface area contributed by atoms with E-state index in [2.05, 4.69) is 10.2 Å². The van der Waals surface area contributed by atoms with E-state index in [1.165, 1.54) is 12.8 Å². The highest BCUT2D eigenvalue weighted by Crippen LogP contribution is 2.23. The lowest BCUT2D eigenvalue weighted by atomic mass is 10.0. The fourth-order valence-corrected chi connectivity index (χ4v) is 2.71. The Morgan fingerprint density at radius 3 is 2.90 bits per heavy atom. The Balaban J connectivity index is 0.00000200. The van der Waals surface area contributed by atoms with Crippen LogP contribution in [0, 0.1) is 17.0 Å².